The average Bonchev–Trinajstić information content (AvgIpc) is 3.33. The van der Waals surface area contributed by atoms with E-state index in [1.807, 2.05) is 31.1 Å². The van der Waals surface area contributed by atoms with Gasteiger partial charge in [-0.05, 0) is 69.2 Å². The van der Waals surface area contributed by atoms with Crippen LogP contribution in [0.5, 0.6) is 0 Å². The largest absolute Gasteiger partial charge is 0.481 e. The summed E-state index contributed by atoms with van der Waals surface area (Å²) in [5.74, 6) is -2.35. The van der Waals surface area contributed by atoms with Crippen LogP contribution >= 0.6 is 11.6 Å². The molecular formula is C24H27ClFN5O3. The topological polar surface area (TPSA) is 111 Å². The van der Waals surface area contributed by atoms with Gasteiger partial charge in [0.15, 0.2) is 5.69 Å². The first kappa shape index (κ1) is 25.3. The highest BCUT2D eigenvalue weighted by Gasteiger charge is 2.25. The minimum atomic E-state index is -0.908. The molecule has 8 nitrogen and oxygen atoms in total. The Morgan fingerprint density at radius 2 is 1.94 bits per heavy atom. The number of carboxylic acid groups (broad SMARTS) is 1. The summed E-state index contributed by atoms with van der Waals surface area (Å²) in [4.78, 5) is 26.4. The van der Waals surface area contributed by atoms with Crippen LogP contribution in [0.4, 0.5) is 4.39 Å². The van der Waals surface area contributed by atoms with Crippen molar-refractivity contribution in [2.24, 2.45) is 5.92 Å². The second kappa shape index (κ2) is 11.7. The number of rotatable bonds is 11. The molecule has 1 aromatic heterocycles. The van der Waals surface area contributed by atoms with Gasteiger partial charge in [0.2, 0.25) is 0 Å². The minimum absolute atomic E-state index is 0.122. The summed E-state index contributed by atoms with van der Waals surface area (Å²) in [6.45, 7) is 0.612. The number of carbonyl (C=O) groups excluding carboxylic acids is 1. The van der Waals surface area contributed by atoms with Crippen LogP contribution in [0.25, 0.3) is 11.1 Å². The molecule has 3 aromatic rings. The predicted molar refractivity (Wildman–Crippen MR) is 127 cm³/mol. The van der Waals surface area contributed by atoms with Gasteiger partial charge in [-0.15, -0.1) is 0 Å². The van der Waals surface area contributed by atoms with Crippen LogP contribution in [0.1, 0.15) is 28.9 Å². The maximum Gasteiger partial charge on any atom is 0.306 e. The van der Waals surface area contributed by atoms with Crippen molar-refractivity contribution in [2.45, 2.75) is 25.3 Å². The average molecular weight is 488 g/mol. The molecule has 0 saturated heterocycles. The van der Waals surface area contributed by atoms with Gasteiger partial charge in [-0.2, -0.15) is 15.4 Å². The Balaban J connectivity index is 1.78. The Labute approximate surface area is 202 Å². The number of carboxylic acids is 1. The lowest BCUT2D eigenvalue weighted by molar-refractivity contribution is -0.142. The van der Waals surface area contributed by atoms with E-state index < -0.39 is 23.8 Å². The maximum atomic E-state index is 14.2. The third-order valence-electron chi connectivity index (χ3n) is 5.50. The number of amides is 1. The van der Waals surface area contributed by atoms with Crippen molar-refractivity contribution >= 4 is 23.5 Å². The minimum Gasteiger partial charge on any atom is -0.481 e. The van der Waals surface area contributed by atoms with Gasteiger partial charge in [-0.25, -0.2) is 4.39 Å². The van der Waals surface area contributed by atoms with Gasteiger partial charge in [0, 0.05) is 16.6 Å². The summed E-state index contributed by atoms with van der Waals surface area (Å²) >= 11 is 6.01. The Kier molecular flexibility index (Phi) is 8.72. The fourth-order valence-electron chi connectivity index (χ4n) is 3.69. The lowest BCUT2D eigenvalue weighted by Crippen LogP contribution is -2.39. The number of nitrogens with zero attached hydrogens (tertiary/aromatic N) is 3. The van der Waals surface area contributed by atoms with Crippen molar-refractivity contribution in [1.82, 2.24) is 25.6 Å². The first-order chi connectivity index (χ1) is 16.2. The predicted octanol–water partition coefficient (Wildman–Crippen LogP) is 3.65. The molecule has 34 heavy (non-hydrogen) atoms. The van der Waals surface area contributed by atoms with Crippen LogP contribution in [0, 0.1) is 11.7 Å². The monoisotopic (exact) mass is 487 g/mol. The molecule has 0 aliphatic rings. The molecule has 0 saturated carbocycles. The maximum absolute atomic E-state index is 14.2. The van der Waals surface area contributed by atoms with Crippen LogP contribution in [0.2, 0.25) is 5.02 Å². The highest BCUT2D eigenvalue weighted by Crippen LogP contribution is 2.27. The number of aromatic nitrogens is 3. The molecule has 0 radical (unpaired) electrons. The van der Waals surface area contributed by atoms with Crippen molar-refractivity contribution in [3.05, 3.63) is 70.8 Å². The fourth-order valence-corrected chi connectivity index (χ4v) is 3.86. The number of hydrogen-bond acceptors (Lipinski definition) is 5. The fraction of sp³-hybridized carbons (Fsp3) is 0.333. The number of H-pyrrole nitrogens is 1. The Morgan fingerprint density at radius 3 is 2.56 bits per heavy atom. The molecule has 0 aliphatic heterocycles. The van der Waals surface area contributed by atoms with Gasteiger partial charge in [0.25, 0.3) is 5.91 Å². The summed E-state index contributed by atoms with van der Waals surface area (Å²) < 4.78 is 14.2. The van der Waals surface area contributed by atoms with Crippen molar-refractivity contribution in [2.75, 3.05) is 20.6 Å². The molecule has 0 unspecified atom stereocenters. The Bertz CT molecular complexity index is 1110. The van der Waals surface area contributed by atoms with E-state index in [2.05, 4.69) is 20.7 Å². The van der Waals surface area contributed by atoms with Crippen molar-refractivity contribution in [3.8, 4) is 11.1 Å². The third kappa shape index (κ3) is 7.10. The van der Waals surface area contributed by atoms with Crippen LogP contribution in [0.3, 0.4) is 0 Å². The number of nitrogens with one attached hydrogen (secondary N) is 2. The summed E-state index contributed by atoms with van der Waals surface area (Å²) in [6, 6.07) is 11.1. The van der Waals surface area contributed by atoms with Gasteiger partial charge in [0.05, 0.1) is 12.1 Å². The second-order valence-corrected chi connectivity index (χ2v) is 8.85. The summed E-state index contributed by atoms with van der Waals surface area (Å²) in [5.41, 5.74) is 2.05. The number of benzene rings is 2. The number of aliphatic carboxylic acids is 1. The van der Waals surface area contributed by atoms with Gasteiger partial charge in [-0.3, -0.25) is 9.59 Å². The molecule has 10 heteroatoms. The molecule has 0 spiro atoms. The van der Waals surface area contributed by atoms with Gasteiger partial charge >= 0.3 is 5.97 Å². The Hall–Kier alpha value is -3.30. The lowest BCUT2D eigenvalue weighted by Gasteiger charge is -2.23. The van der Waals surface area contributed by atoms with Crippen LogP contribution in [-0.4, -0.2) is 64.0 Å². The molecular weight excluding hydrogens is 461 g/mol. The first-order valence-electron chi connectivity index (χ1n) is 10.8. The standard InChI is InChI=1S/C24H27ClFN5O3/c1-31(2)10-9-17(24(33)34)12-19(28-23(32)22-14-27-30-29-22)11-15-3-5-16(6-4-15)20-13-18(25)7-8-21(20)26/h3-8,13-14,17,19H,9-12H2,1-2H3,(H,28,32)(H,33,34)(H,27,29,30)/t17-,19-/m1/s1. The van der Waals surface area contributed by atoms with E-state index in [9.17, 15) is 19.1 Å². The SMILES string of the molecule is CN(C)CC[C@H](C[C@@H](Cc1ccc(-c2cc(Cl)ccc2F)cc1)NC(=O)c1cn[nH]n1)C(=O)O. The number of carbonyl (C=O) groups is 2. The molecule has 180 valence electrons. The zero-order chi connectivity index (χ0) is 24.7. The van der Waals surface area contributed by atoms with Crippen molar-refractivity contribution in [1.29, 1.82) is 0 Å². The summed E-state index contributed by atoms with van der Waals surface area (Å²) in [7, 11) is 3.76. The van der Waals surface area contributed by atoms with Crippen LogP contribution in [-0.2, 0) is 11.2 Å². The second-order valence-electron chi connectivity index (χ2n) is 8.41. The van der Waals surface area contributed by atoms with Crippen LogP contribution in [0.15, 0.2) is 48.7 Å². The summed E-state index contributed by atoms with van der Waals surface area (Å²) in [5, 5.41) is 22.9. The van der Waals surface area contributed by atoms with E-state index in [-0.39, 0.29) is 17.9 Å². The van der Waals surface area contributed by atoms with Gasteiger partial charge < -0.3 is 15.3 Å². The van der Waals surface area contributed by atoms with Gasteiger partial charge in [0.1, 0.15) is 5.82 Å². The highest BCUT2D eigenvalue weighted by atomic mass is 35.5. The normalized spacial score (nSPS) is 13.0. The van der Waals surface area contributed by atoms with E-state index in [0.29, 0.717) is 35.5 Å². The molecule has 1 amide bonds. The number of halogens is 2. The molecule has 0 bridgehead atoms. The zero-order valence-electron chi connectivity index (χ0n) is 19.0. The molecule has 0 aliphatic carbocycles. The van der Waals surface area contributed by atoms with E-state index in [4.69, 9.17) is 11.6 Å². The molecule has 2 aromatic carbocycles. The lowest BCUT2D eigenvalue weighted by atomic mass is 9.91. The third-order valence-corrected chi connectivity index (χ3v) is 5.74. The molecule has 0 fully saturated rings. The van der Waals surface area contributed by atoms with Crippen molar-refractivity contribution < 1.29 is 19.1 Å². The van der Waals surface area contributed by atoms with E-state index in [0.717, 1.165) is 5.56 Å². The number of aromatic amines is 1. The summed E-state index contributed by atoms with van der Waals surface area (Å²) in [6.07, 6.45) is 2.40. The van der Waals surface area contributed by atoms with Crippen LogP contribution < -0.4 is 5.32 Å². The zero-order valence-corrected chi connectivity index (χ0v) is 19.7. The molecule has 3 rings (SSSR count). The van der Waals surface area contributed by atoms with Crippen molar-refractivity contribution in [3.63, 3.8) is 0 Å². The van der Waals surface area contributed by atoms with E-state index in [1.165, 1.54) is 18.3 Å². The smallest absolute Gasteiger partial charge is 0.306 e. The van der Waals surface area contributed by atoms with E-state index >= 15 is 0 Å². The molecule has 2 atom stereocenters. The quantitative estimate of drug-likeness (QED) is 0.380. The first-order valence-corrected chi connectivity index (χ1v) is 11.2. The van der Waals surface area contributed by atoms with E-state index in [1.54, 1.807) is 18.2 Å². The number of hydrogen-bond donors (Lipinski definition) is 3. The molecule has 3 N–H and O–H groups in total. The van der Waals surface area contributed by atoms with Gasteiger partial charge in [-0.1, -0.05) is 35.9 Å². The highest BCUT2D eigenvalue weighted by molar-refractivity contribution is 6.30. The molecule has 1 heterocycles. The Morgan fingerprint density at radius 1 is 1.21 bits per heavy atom.